The highest BCUT2D eigenvalue weighted by Crippen LogP contribution is 2.28. The molecule has 2 aromatic carbocycles. The van der Waals surface area contributed by atoms with Crippen LogP contribution in [0, 0.1) is 5.82 Å². The Kier molecular flexibility index (Phi) is 11.0. The number of likely N-dealkylation sites (N-methyl/N-ethyl adjacent to an activating group) is 1. The smallest absolute Gasteiger partial charge is 0.336 e. The van der Waals surface area contributed by atoms with Crippen LogP contribution in [0.5, 0.6) is 0 Å². The highest BCUT2D eigenvalue weighted by molar-refractivity contribution is 7.92. The molecule has 1 aliphatic heterocycles. The first-order chi connectivity index (χ1) is 15.3. The quantitative estimate of drug-likeness (QED) is 0.458. The Balaban J connectivity index is 0.00000204. The molecule has 13 heteroatoms. The number of hydrogen-bond acceptors (Lipinski definition) is 6. The van der Waals surface area contributed by atoms with Crippen molar-refractivity contribution in [2.75, 3.05) is 42.3 Å². The van der Waals surface area contributed by atoms with Gasteiger partial charge in [0, 0.05) is 37.3 Å². The molecule has 1 aromatic heterocycles. The molecule has 0 amide bonds. The molecule has 3 aromatic rings. The first kappa shape index (κ1) is 30.7. The van der Waals surface area contributed by atoms with Gasteiger partial charge in [-0.05, 0) is 49.0 Å². The molecule has 0 bridgehead atoms. The molecular weight excluding hydrogens is 542 g/mol. The lowest BCUT2D eigenvalue weighted by molar-refractivity contribution is 0.0699. The molecule has 1 fully saturated rings. The van der Waals surface area contributed by atoms with Crippen LogP contribution >= 0.6 is 37.2 Å². The second-order valence-electron chi connectivity index (χ2n) is 7.55. The number of rotatable bonds is 6. The van der Waals surface area contributed by atoms with E-state index in [4.69, 9.17) is 0 Å². The lowest BCUT2D eigenvalue weighted by atomic mass is 10.1. The van der Waals surface area contributed by atoms with Gasteiger partial charge in [-0.2, -0.15) is 0 Å². The highest BCUT2D eigenvalue weighted by atomic mass is 35.5. The molecule has 0 unspecified atom stereocenters. The minimum absolute atomic E-state index is 0. The molecule has 0 atom stereocenters. The summed E-state index contributed by atoms with van der Waals surface area (Å²) in [5.41, 5.74) is 0.650. The number of carbonyl (C=O) groups is 1. The molecule has 0 saturated carbocycles. The fourth-order valence-corrected chi connectivity index (χ4v) is 4.84. The number of halogens is 4. The van der Waals surface area contributed by atoms with Crippen LogP contribution in [0.3, 0.4) is 0 Å². The summed E-state index contributed by atoms with van der Waals surface area (Å²) in [6, 6.07) is 10.7. The van der Waals surface area contributed by atoms with Crippen LogP contribution in [0.4, 0.5) is 15.9 Å². The third kappa shape index (κ3) is 6.86. The predicted octanol–water partition coefficient (Wildman–Crippen LogP) is 4.28. The van der Waals surface area contributed by atoms with Crippen molar-refractivity contribution >= 4 is 75.6 Å². The van der Waals surface area contributed by atoms with Crippen molar-refractivity contribution in [2.24, 2.45) is 0 Å². The van der Waals surface area contributed by atoms with E-state index in [-0.39, 0.29) is 53.4 Å². The largest absolute Gasteiger partial charge is 0.478 e. The maximum atomic E-state index is 13.4. The van der Waals surface area contributed by atoms with Gasteiger partial charge in [-0.25, -0.2) is 22.6 Å². The lowest BCUT2D eigenvalue weighted by Gasteiger charge is -2.35. The van der Waals surface area contributed by atoms with Crippen molar-refractivity contribution in [3.8, 4) is 0 Å². The third-order valence-electron chi connectivity index (χ3n) is 5.53. The maximum absolute atomic E-state index is 13.4. The normalized spacial score (nSPS) is 13.8. The Morgan fingerprint density at radius 3 is 2.34 bits per heavy atom. The molecule has 1 saturated heterocycles. The monoisotopic (exact) mass is 566 g/mol. The Morgan fingerprint density at radius 2 is 1.74 bits per heavy atom. The molecular formula is C22H26Cl3FN4O4S. The minimum atomic E-state index is -4.04. The average Bonchev–Trinajstić information content (AvgIpc) is 2.78. The summed E-state index contributed by atoms with van der Waals surface area (Å²) in [7, 11) is -4.04. The van der Waals surface area contributed by atoms with Crippen LogP contribution < -0.4 is 9.62 Å². The Labute approximate surface area is 221 Å². The van der Waals surface area contributed by atoms with E-state index < -0.39 is 21.8 Å². The molecule has 4 rings (SSSR count). The SMILES string of the molecule is CCN1CCN(c2cc(C(=O)O)c3cc(NS(=O)(=O)c4cccc(F)c4)ccc3n2)CC1.Cl.Cl.Cl. The lowest BCUT2D eigenvalue weighted by Crippen LogP contribution is -2.46. The topological polar surface area (TPSA) is 103 Å². The first-order valence-electron chi connectivity index (χ1n) is 10.2. The van der Waals surface area contributed by atoms with Gasteiger partial charge >= 0.3 is 5.97 Å². The zero-order valence-electron chi connectivity index (χ0n) is 18.7. The summed E-state index contributed by atoms with van der Waals surface area (Å²) in [4.78, 5) is 20.7. The number of aromatic nitrogens is 1. The number of fused-ring (bicyclic) bond motifs is 1. The van der Waals surface area contributed by atoms with E-state index in [0.717, 1.165) is 44.9 Å². The highest BCUT2D eigenvalue weighted by Gasteiger charge is 2.21. The number of benzene rings is 2. The third-order valence-corrected chi connectivity index (χ3v) is 6.91. The van der Waals surface area contributed by atoms with Crippen LogP contribution in [0.2, 0.25) is 0 Å². The van der Waals surface area contributed by atoms with Crippen molar-refractivity contribution in [1.82, 2.24) is 9.88 Å². The van der Waals surface area contributed by atoms with Crippen molar-refractivity contribution in [3.63, 3.8) is 0 Å². The fourth-order valence-electron chi connectivity index (χ4n) is 3.76. The second-order valence-corrected chi connectivity index (χ2v) is 9.23. The van der Waals surface area contributed by atoms with Gasteiger partial charge in [0.2, 0.25) is 0 Å². The van der Waals surface area contributed by atoms with Crippen LogP contribution in [-0.2, 0) is 10.0 Å². The van der Waals surface area contributed by atoms with Gasteiger partial charge in [0.1, 0.15) is 11.6 Å². The van der Waals surface area contributed by atoms with Crippen molar-refractivity contribution in [3.05, 3.63) is 59.9 Å². The molecule has 192 valence electrons. The molecule has 35 heavy (non-hydrogen) atoms. The molecule has 8 nitrogen and oxygen atoms in total. The standard InChI is InChI=1S/C22H23FN4O4S.3ClH/c1-2-26-8-10-27(11-9-26)21-14-19(22(28)29)18-13-16(6-7-20(18)24-21)25-32(30,31)17-5-3-4-15(23)12-17;;;/h3-7,12-14,25H,2,8-11H2,1H3,(H,28,29);3*1H. The van der Waals surface area contributed by atoms with Gasteiger partial charge in [0.25, 0.3) is 10.0 Å². The van der Waals surface area contributed by atoms with Gasteiger partial charge in [0.15, 0.2) is 0 Å². The summed E-state index contributed by atoms with van der Waals surface area (Å²) in [5, 5.41) is 10.1. The Hall–Kier alpha value is -2.37. The van der Waals surface area contributed by atoms with E-state index >= 15 is 0 Å². The van der Waals surface area contributed by atoms with Crippen molar-refractivity contribution in [1.29, 1.82) is 0 Å². The molecule has 1 aliphatic rings. The van der Waals surface area contributed by atoms with Crippen molar-refractivity contribution < 1.29 is 22.7 Å². The summed E-state index contributed by atoms with van der Waals surface area (Å²) in [6.45, 7) is 6.31. The Morgan fingerprint density at radius 1 is 1.06 bits per heavy atom. The second kappa shape index (κ2) is 12.5. The molecule has 2 N–H and O–H groups in total. The first-order valence-corrected chi connectivity index (χ1v) is 11.7. The van der Waals surface area contributed by atoms with Gasteiger partial charge in [-0.3, -0.25) is 4.72 Å². The van der Waals surface area contributed by atoms with Gasteiger partial charge < -0.3 is 14.9 Å². The average molecular weight is 568 g/mol. The van der Waals surface area contributed by atoms with Gasteiger partial charge in [0.05, 0.1) is 16.0 Å². The zero-order chi connectivity index (χ0) is 22.9. The van der Waals surface area contributed by atoms with Gasteiger partial charge in [-0.15, -0.1) is 37.2 Å². The van der Waals surface area contributed by atoms with Crippen LogP contribution in [0.1, 0.15) is 17.3 Å². The number of hydrogen-bond donors (Lipinski definition) is 2. The van der Waals surface area contributed by atoms with Crippen LogP contribution in [-0.4, -0.2) is 62.1 Å². The summed E-state index contributed by atoms with van der Waals surface area (Å²) in [6.07, 6.45) is 0. The number of carboxylic acid groups (broad SMARTS) is 1. The predicted molar refractivity (Wildman–Crippen MR) is 142 cm³/mol. The molecule has 0 spiro atoms. The summed E-state index contributed by atoms with van der Waals surface area (Å²) in [5.74, 6) is -1.22. The van der Waals surface area contributed by atoms with E-state index in [1.54, 1.807) is 6.07 Å². The molecule has 0 radical (unpaired) electrons. The fraction of sp³-hybridized carbons (Fsp3) is 0.273. The number of piperazine rings is 1. The summed E-state index contributed by atoms with van der Waals surface area (Å²) < 4.78 is 41.0. The van der Waals surface area contributed by atoms with Gasteiger partial charge in [-0.1, -0.05) is 13.0 Å². The number of nitrogens with zero attached hydrogens (tertiary/aromatic N) is 3. The van der Waals surface area contributed by atoms with Crippen LogP contribution in [0.15, 0.2) is 53.4 Å². The van der Waals surface area contributed by atoms with E-state index in [1.807, 2.05) is 0 Å². The molecule has 0 aliphatic carbocycles. The maximum Gasteiger partial charge on any atom is 0.336 e. The van der Waals surface area contributed by atoms with Crippen LogP contribution in [0.25, 0.3) is 10.9 Å². The minimum Gasteiger partial charge on any atom is -0.478 e. The number of nitrogens with one attached hydrogen (secondary N) is 1. The molecule has 2 heterocycles. The number of sulfonamides is 1. The van der Waals surface area contributed by atoms with E-state index in [2.05, 4.69) is 26.4 Å². The van der Waals surface area contributed by atoms with E-state index in [1.165, 1.54) is 30.3 Å². The number of aromatic carboxylic acids is 1. The summed E-state index contributed by atoms with van der Waals surface area (Å²) >= 11 is 0. The van der Waals surface area contributed by atoms with Crippen molar-refractivity contribution in [2.45, 2.75) is 11.8 Å². The van der Waals surface area contributed by atoms with E-state index in [9.17, 15) is 22.7 Å². The number of anilines is 2. The number of carboxylic acids is 1. The zero-order valence-corrected chi connectivity index (χ0v) is 21.9. The van der Waals surface area contributed by atoms with E-state index in [0.29, 0.717) is 16.7 Å². The Bertz CT molecular complexity index is 1290. The number of pyridine rings is 1.